The van der Waals surface area contributed by atoms with E-state index in [1.54, 1.807) is 6.08 Å². The van der Waals surface area contributed by atoms with Crippen LogP contribution in [-0.2, 0) is 4.74 Å². The second-order valence-corrected chi connectivity index (χ2v) is 3.72. The summed E-state index contributed by atoms with van der Waals surface area (Å²) in [5.41, 5.74) is 0.380. The van der Waals surface area contributed by atoms with Gasteiger partial charge in [-0.1, -0.05) is 6.08 Å². The van der Waals surface area contributed by atoms with Crippen molar-refractivity contribution < 1.29 is 13.9 Å². The molecule has 0 spiro atoms. The van der Waals surface area contributed by atoms with Crippen molar-refractivity contribution in [1.29, 1.82) is 0 Å². The Hall–Kier alpha value is -2.50. The second-order valence-electron chi connectivity index (χ2n) is 3.72. The molecule has 0 aliphatic carbocycles. The van der Waals surface area contributed by atoms with Crippen LogP contribution < -0.4 is 0 Å². The number of carbonyl (C=O) groups is 1. The molecule has 0 N–H and O–H groups in total. The number of halogens is 1. The Balaban J connectivity index is 2.15. The normalized spacial score (nSPS) is 10.2. The van der Waals surface area contributed by atoms with Crippen molar-refractivity contribution >= 4 is 5.97 Å². The first-order chi connectivity index (χ1) is 9.22. The van der Waals surface area contributed by atoms with Crippen LogP contribution in [0.2, 0.25) is 0 Å². The van der Waals surface area contributed by atoms with Crippen LogP contribution in [0.15, 0.2) is 43.5 Å². The van der Waals surface area contributed by atoms with Gasteiger partial charge in [0.2, 0.25) is 0 Å². The van der Waals surface area contributed by atoms with Crippen molar-refractivity contribution in [3.05, 3.63) is 54.9 Å². The lowest BCUT2D eigenvalue weighted by molar-refractivity contribution is 0.0511. The maximum absolute atomic E-state index is 13.8. The third-order valence-corrected chi connectivity index (χ3v) is 2.40. The van der Waals surface area contributed by atoms with Gasteiger partial charge in [-0.3, -0.25) is 0 Å². The molecule has 1 aromatic carbocycles. The number of carbonyl (C=O) groups excluding carboxylic acids is 1. The van der Waals surface area contributed by atoms with E-state index in [4.69, 9.17) is 4.74 Å². The summed E-state index contributed by atoms with van der Waals surface area (Å²) in [4.78, 5) is 15.3. The molecule has 0 aliphatic rings. The van der Waals surface area contributed by atoms with Gasteiger partial charge in [-0.05, 0) is 24.6 Å². The first-order valence-electron chi connectivity index (χ1n) is 5.65. The van der Waals surface area contributed by atoms with Crippen LogP contribution in [0, 0.1) is 5.82 Å². The van der Waals surface area contributed by atoms with Crippen LogP contribution in [0.1, 0.15) is 16.8 Å². The third-order valence-electron chi connectivity index (χ3n) is 2.40. The van der Waals surface area contributed by atoms with Crippen molar-refractivity contribution in [1.82, 2.24) is 14.8 Å². The molecule has 6 heteroatoms. The summed E-state index contributed by atoms with van der Waals surface area (Å²) in [6.45, 7) is 3.75. The average Bonchev–Trinajstić information content (AvgIpc) is 2.92. The van der Waals surface area contributed by atoms with Gasteiger partial charge in [0.15, 0.2) is 0 Å². The SMILES string of the molecule is C=CCCOC(=O)c1ccc(-n2cncn2)c(F)c1. The standard InChI is InChI=1S/C13H12FN3O2/c1-2-3-6-19-13(18)10-4-5-12(11(14)7-10)17-9-15-8-16-17/h2,4-5,7-9H,1,3,6H2. The van der Waals surface area contributed by atoms with E-state index < -0.39 is 11.8 Å². The van der Waals surface area contributed by atoms with Crippen molar-refractivity contribution in [2.75, 3.05) is 6.61 Å². The molecule has 0 radical (unpaired) electrons. The Morgan fingerprint density at radius 2 is 2.37 bits per heavy atom. The molecule has 19 heavy (non-hydrogen) atoms. The Labute approximate surface area is 109 Å². The molecule has 0 saturated heterocycles. The van der Waals surface area contributed by atoms with Crippen LogP contribution in [0.3, 0.4) is 0 Å². The summed E-state index contributed by atoms with van der Waals surface area (Å²) in [5.74, 6) is -1.13. The average molecular weight is 261 g/mol. The molecule has 1 aromatic heterocycles. The highest BCUT2D eigenvalue weighted by Crippen LogP contribution is 2.14. The highest BCUT2D eigenvalue weighted by atomic mass is 19.1. The van der Waals surface area contributed by atoms with Gasteiger partial charge in [0.1, 0.15) is 24.2 Å². The Morgan fingerprint density at radius 1 is 1.53 bits per heavy atom. The number of ether oxygens (including phenoxy) is 1. The maximum Gasteiger partial charge on any atom is 0.338 e. The minimum absolute atomic E-state index is 0.158. The Bertz CT molecular complexity index is 582. The largest absolute Gasteiger partial charge is 0.462 e. The fraction of sp³-hybridized carbons (Fsp3) is 0.154. The number of hydrogen-bond donors (Lipinski definition) is 0. The van der Waals surface area contributed by atoms with Crippen LogP contribution in [0.5, 0.6) is 0 Å². The molecular formula is C13H12FN3O2. The lowest BCUT2D eigenvalue weighted by atomic mass is 10.2. The molecule has 0 atom stereocenters. The molecule has 0 unspecified atom stereocenters. The molecule has 0 aliphatic heterocycles. The molecule has 1 heterocycles. The number of rotatable bonds is 5. The number of aromatic nitrogens is 3. The predicted molar refractivity (Wildman–Crippen MR) is 66.4 cm³/mol. The van der Waals surface area contributed by atoms with Gasteiger partial charge in [-0.2, -0.15) is 5.10 Å². The summed E-state index contributed by atoms with van der Waals surface area (Å²) < 4.78 is 20.1. The second kappa shape index (κ2) is 5.90. The zero-order valence-electron chi connectivity index (χ0n) is 10.1. The van der Waals surface area contributed by atoms with Crippen LogP contribution >= 0.6 is 0 Å². The van der Waals surface area contributed by atoms with E-state index in [1.807, 2.05) is 0 Å². The first-order valence-corrected chi connectivity index (χ1v) is 5.65. The lowest BCUT2D eigenvalue weighted by Crippen LogP contribution is -2.07. The van der Waals surface area contributed by atoms with E-state index in [-0.39, 0.29) is 17.9 Å². The quantitative estimate of drug-likeness (QED) is 0.470. The number of nitrogens with zero attached hydrogens (tertiary/aromatic N) is 3. The lowest BCUT2D eigenvalue weighted by Gasteiger charge is -2.06. The minimum Gasteiger partial charge on any atom is -0.462 e. The molecule has 0 amide bonds. The summed E-state index contributed by atoms with van der Waals surface area (Å²) in [7, 11) is 0. The molecule has 0 fully saturated rings. The zero-order chi connectivity index (χ0) is 13.7. The van der Waals surface area contributed by atoms with E-state index in [9.17, 15) is 9.18 Å². The van der Waals surface area contributed by atoms with E-state index in [0.29, 0.717) is 6.42 Å². The van der Waals surface area contributed by atoms with E-state index in [2.05, 4.69) is 16.7 Å². The fourth-order valence-corrected chi connectivity index (χ4v) is 1.47. The van der Waals surface area contributed by atoms with Gasteiger partial charge >= 0.3 is 5.97 Å². The molecular weight excluding hydrogens is 249 g/mol. The molecule has 2 rings (SSSR count). The third kappa shape index (κ3) is 3.04. The van der Waals surface area contributed by atoms with Crippen LogP contribution in [0.25, 0.3) is 5.69 Å². The molecule has 0 saturated carbocycles. The summed E-state index contributed by atoms with van der Waals surface area (Å²) >= 11 is 0. The minimum atomic E-state index is -0.566. The highest BCUT2D eigenvalue weighted by Gasteiger charge is 2.12. The van der Waals surface area contributed by atoms with Gasteiger partial charge in [0.25, 0.3) is 0 Å². The summed E-state index contributed by atoms with van der Waals surface area (Å²) in [5, 5.41) is 3.82. The van der Waals surface area contributed by atoms with Gasteiger partial charge in [0, 0.05) is 0 Å². The van der Waals surface area contributed by atoms with Crippen molar-refractivity contribution in [3.8, 4) is 5.69 Å². The van der Waals surface area contributed by atoms with Gasteiger partial charge < -0.3 is 4.74 Å². The number of hydrogen-bond acceptors (Lipinski definition) is 4. The zero-order valence-corrected chi connectivity index (χ0v) is 10.1. The van der Waals surface area contributed by atoms with Crippen molar-refractivity contribution in [2.24, 2.45) is 0 Å². The Kier molecular flexibility index (Phi) is 4.02. The first kappa shape index (κ1) is 12.9. The number of benzene rings is 1. The van der Waals surface area contributed by atoms with Crippen LogP contribution in [-0.4, -0.2) is 27.3 Å². The molecule has 98 valence electrons. The highest BCUT2D eigenvalue weighted by molar-refractivity contribution is 5.89. The van der Waals surface area contributed by atoms with Crippen LogP contribution in [0.4, 0.5) is 4.39 Å². The van der Waals surface area contributed by atoms with E-state index >= 15 is 0 Å². The van der Waals surface area contributed by atoms with Gasteiger partial charge in [-0.15, -0.1) is 6.58 Å². The maximum atomic E-state index is 13.8. The predicted octanol–water partition coefficient (Wildman–Crippen LogP) is 2.14. The van der Waals surface area contributed by atoms with Crippen molar-refractivity contribution in [3.63, 3.8) is 0 Å². The summed E-state index contributed by atoms with van der Waals surface area (Å²) in [6, 6.07) is 4.05. The van der Waals surface area contributed by atoms with E-state index in [1.165, 1.54) is 29.5 Å². The molecule has 5 nitrogen and oxygen atoms in total. The van der Waals surface area contributed by atoms with Crippen molar-refractivity contribution in [2.45, 2.75) is 6.42 Å². The monoisotopic (exact) mass is 261 g/mol. The fourth-order valence-electron chi connectivity index (χ4n) is 1.47. The number of esters is 1. The van der Waals surface area contributed by atoms with E-state index in [0.717, 1.165) is 6.07 Å². The molecule has 0 bridgehead atoms. The van der Waals surface area contributed by atoms with Gasteiger partial charge in [-0.25, -0.2) is 18.9 Å². The summed E-state index contributed by atoms with van der Waals surface area (Å²) in [6.07, 6.45) is 4.88. The Morgan fingerprint density at radius 3 is 3.00 bits per heavy atom. The topological polar surface area (TPSA) is 57.0 Å². The smallest absolute Gasteiger partial charge is 0.338 e. The molecule has 2 aromatic rings. The van der Waals surface area contributed by atoms with Gasteiger partial charge in [0.05, 0.1) is 12.2 Å².